The van der Waals surface area contributed by atoms with Gasteiger partial charge in [-0.05, 0) is 32.9 Å². The maximum atomic E-state index is 11.6. The molecule has 3 N–H and O–H groups in total. The fourth-order valence-corrected chi connectivity index (χ4v) is 1.86. The molecule has 0 saturated carbocycles. The zero-order valence-electron chi connectivity index (χ0n) is 13.7. The van der Waals surface area contributed by atoms with Crippen LogP contribution in [0, 0.1) is 0 Å². The third-order valence-corrected chi connectivity index (χ3v) is 2.80. The van der Waals surface area contributed by atoms with Gasteiger partial charge in [-0.1, -0.05) is 6.07 Å². The number of amides is 1. The Balaban J connectivity index is 2.34. The number of guanidine groups is 1. The molecule has 1 aromatic heterocycles. The summed E-state index contributed by atoms with van der Waals surface area (Å²) in [6.07, 6.45) is 3.02. The molecule has 6 nitrogen and oxygen atoms in total. The largest absolute Gasteiger partial charge is 0.357 e. The van der Waals surface area contributed by atoms with Crippen LogP contribution in [0.1, 0.15) is 32.9 Å². The predicted octanol–water partition coefficient (Wildman–Crippen LogP) is 1.09. The van der Waals surface area contributed by atoms with Crippen molar-refractivity contribution in [2.45, 2.75) is 39.7 Å². The molecule has 0 bridgehead atoms. The SMILES string of the molecule is CCNC(=NCCC(=O)NC(C)C)NCCc1ccccn1. The molecule has 1 amide bonds. The summed E-state index contributed by atoms with van der Waals surface area (Å²) in [6.45, 7) is 7.92. The maximum absolute atomic E-state index is 11.6. The zero-order chi connectivity index (χ0) is 16.2. The summed E-state index contributed by atoms with van der Waals surface area (Å²) in [7, 11) is 0. The van der Waals surface area contributed by atoms with Crippen molar-refractivity contribution in [2.75, 3.05) is 19.6 Å². The zero-order valence-corrected chi connectivity index (χ0v) is 13.7. The van der Waals surface area contributed by atoms with Crippen molar-refractivity contribution >= 4 is 11.9 Å². The lowest BCUT2D eigenvalue weighted by Crippen LogP contribution is -2.38. The number of carbonyl (C=O) groups excluding carboxylic acids is 1. The van der Waals surface area contributed by atoms with Gasteiger partial charge >= 0.3 is 0 Å². The molecule has 0 radical (unpaired) electrons. The molecule has 0 aliphatic heterocycles. The van der Waals surface area contributed by atoms with Gasteiger partial charge in [-0.15, -0.1) is 0 Å². The van der Waals surface area contributed by atoms with E-state index in [2.05, 4.69) is 25.9 Å². The number of aliphatic imine (C=N–C) groups is 1. The number of nitrogens with one attached hydrogen (secondary N) is 3. The molecule has 1 rings (SSSR count). The van der Waals surface area contributed by atoms with Crippen LogP contribution in [0.15, 0.2) is 29.4 Å². The Kier molecular flexibility index (Phi) is 8.64. The molecule has 0 aliphatic carbocycles. The summed E-state index contributed by atoms with van der Waals surface area (Å²) in [5.74, 6) is 0.763. The van der Waals surface area contributed by atoms with Crippen molar-refractivity contribution in [3.8, 4) is 0 Å². The van der Waals surface area contributed by atoms with Crippen molar-refractivity contribution in [2.24, 2.45) is 4.99 Å². The second kappa shape index (κ2) is 10.6. The first kappa shape index (κ1) is 17.9. The molecule has 0 spiro atoms. The Labute approximate surface area is 132 Å². The van der Waals surface area contributed by atoms with Crippen LogP contribution in [0.2, 0.25) is 0 Å². The van der Waals surface area contributed by atoms with Gasteiger partial charge in [0.05, 0.1) is 6.54 Å². The van der Waals surface area contributed by atoms with E-state index in [4.69, 9.17) is 0 Å². The fraction of sp³-hybridized carbons (Fsp3) is 0.562. The molecule has 0 fully saturated rings. The van der Waals surface area contributed by atoms with Crippen molar-refractivity contribution in [1.29, 1.82) is 0 Å². The number of hydrogen-bond acceptors (Lipinski definition) is 3. The first-order valence-electron chi connectivity index (χ1n) is 7.83. The first-order chi connectivity index (χ1) is 10.6. The van der Waals surface area contributed by atoms with Crippen molar-refractivity contribution in [1.82, 2.24) is 20.9 Å². The lowest BCUT2D eigenvalue weighted by molar-refractivity contribution is -0.121. The van der Waals surface area contributed by atoms with E-state index in [0.717, 1.165) is 31.2 Å². The summed E-state index contributed by atoms with van der Waals surface area (Å²) < 4.78 is 0. The van der Waals surface area contributed by atoms with Crippen molar-refractivity contribution in [3.63, 3.8) is 0 Å². The molecular formula is C16H27N5O. The van der Waals surface area contributed by atoms with Crippen molar-refractivity contribution in [3.05, 3.63) is 30.1 Å². The lowest BCUT2D eigenvalue weighted by Gasteiger charge is -2.11. The molecule has 22 heavy (non-hydrogen) atoms. The van der Waals surface area contributed by atoms with Crippen LogP contribution in [-0.4, -0.2) is 42.5 Å². The topological polar surface area (TPSA) is 78.4 Å². The van der Waals surface area contributed by atoms with Gasteiger partial charge in [0.25, 0.3) is 0 Å². The minimum absolute atomic E-state index is 0.0306. The molecule has 6 heteroatoms. The van der Waals surface area contributed by atoms with Gasteiger partial charge in [0.15, 0.2) is 5.96 Å². The molecule has 0 unspecified atom stereocenters. The lowest BCUT2D eigenvalue weighted by atomic mass is 10.3. The normalized spacial score (nSPS) is 11.4. The van der Waals surface area contributed by atoms with E-state index < -0.39 is 0 Å². The van der Waals surface area contributed by atoms with Crippen LogP contribution in [0.4, 0.5) is 0 Å². The summed E-state index contributed by atoms with van der Waals surface area (Å²) in [5, 5.41) is 9.28. The standard InChI is InChI=1S/C16H27N5O/c1-4-17-16(20-12-9-15(22)21-13(2)3)19-11-8-14-7-5-6-10-18-14/h5-7,10,13H,4,8-9,11-12H2,1-3H3,(H,21,22)(H2,17,19,20). The summed E-state index contributed by atoms with van der Waals surface area (Å²) in [4.78, 5) is 20.2. The fourth-order valence-electron chi connectivity index (χ4n) is 1.86. The molecule has 0 aromatic carbocycles. The van der Waals surface area contributed by atoms with E-state index in [1.807, 2.05) is 39.0 Å². The number of pyridine rings is 1. The minimum atomic E-state index is 0.0306. The van der Waals surface area contributed by atoms with E-state index in [0.29, 0.717) is 13.0 Å². The van der Waals surface area contributed by atoms with Crippen LogP contribution < -0.4 is 16.0 Å². The number of carbonyl (C=O) groups is 1. The molecule has 122 valence electrons. The summed E-state index contributed by atoms with van der Waals surface area (Å²) in [6, 6.07) is 6.06. The van der Waals surface area contributed by atoms with E-state index in [1.165, 1.54) is 0 Å². The van der Waals surface area contributed by atoms with E-state index in [-0.39, 0.29) is 11.9 Å². The predicted molar refractivity (Wildman–Crippen MR) is 89.8 cm³/mol. The average molecular weight is 305 g/mol. The van der Waals surface area contributed by atoms with E-state index >= 15 is 0 Å². The highest BCUT2D eigenvalue weighted by Gasteiger charge is 2.03. The number of nitrogens with zero attached hydrogens (tertiary/aromatic N) is 2. The van der Waals surface area contributed by atoms with Gasteiger partial charge in [-0.3, -0.25) is 14.8 Å². The third-order valence-electron chi connectivity index (χ3n) is 2.80. The third kappa shape index (κ3) is 8.24. The van der Waals surface area contributed by atoms with E-state index in [1.54, 1.807) is 6.20 Å². The molecule has 1 aromatic rings. The summed E-state index contributed by atoms with van der Waals surface area (Å²) >= 11 is 0. The Morgan fingerprint density at radius 1 is 1.32 bits per heavy atom. The highest BCUT2D eigenvalue weighted by Crippen LogP contribution is 1.93. The molecule has 0 aliphatic rings. The second-order valence-corrected chi connectivity index (χ2v) is 5.23. The Bertz CT molecular complexity index is 459. The van der Waals surface area contributed by atoms with Crippen LogP contribution in [0.5, 0.6) is 0 Å². The quantitative estimate of drug-likeness (QED) is 0.496. The number of rotatable bonds is 8. The van der Waals surface area contributed by atoms with Crippen LogP contribution >= 0.6 is 0 Å². The molecule has 1 heterocycles. The maximum Gasteiger partial charge on any atom is 0.222 e. The van der Waals surface area contributed by atoms with E-state index in [9.17, 15) is 4.79 Å². The molecule has 0 atom stereocenters. The Morgan fingerprint density at radius 2 is 2.14 bits per heavy atom. The van der Waals surface area contributed by atoms with Crippen LogP contribution in [0.3, 0.4) is 0 Å². The minimum Gasteiger partial charge on any atom is -0.357 e. The molecule has 0 saturated heterocycles. The Morgan fingerprint density at radius 3 is 2.77 bits per heavy atom. The first-order valence-corrected chi connectivity index (χ1v) is 7.83. The van der Waals surface area contributed by atoms with Gasteiger partial charge in [0.2, 0.25) is 5.91 Å². The van der Waals surface area contributed by atoms with Gasteiger partial charge in [-0.25, -0.2) is 0 Å². The van der Waals surface area contributed by atoms with Crippen molar-refractivity contribution < 1.29 is 4.79 Å². The van der Waals surface area contributed by atoms with Gasteiger partial charge < -0.3 is 16.0 Å². The number of hydrogen-bond donors (Lipinski definition) is 3. The van der Waals surface area contributed by atoms with Gasteiger partial charge in [0.1, 0.15) is 0 Å². The van der Waals surface area contributed by atoms with Gasteiger partial charge in [0, 0.05) is 43.9 Å². The second-order valence-electron chi connectivity index (χ2n) is 5.23. The number of aromatic nitrogens is 1. The van der Waals surface area contributed by atoms with Crippen LogP contribution in [0.25, 0.3) is 0 Å². The monoisotopic (exact) mass is 305 g/mol. The highest BCUT2D eigenvalue weighted by atomic mass is 16.1. The highest BCUT2D eigenvalue weighted by molar-refractivity contribution is 5.80. The summed E-state index contributed by atoms with van der Waals surface area (Å²) in [5.41, 5.74) is 1.04. The smallest absolute Gasteiger partial charge is 0.222 e. The molecular weight excluding hydrogens is 278 g/mol. The van der Waals surface area contributed by atoms with Crippen LogP contribution in [-0.2, 0) is 11.2 Å². The van der Waals surface area contributed by atoms with Gasteiger partial charge in [-0.2, -0.15) is 0 Å². The average Bonchev–Trinajstić information content (AvgIpc) is 2.47. The Hall–Kier alpha value is -2.11.